The van der Waals surface area contributed by atoms with E-state index < -0.39 is 6.03 Å². The lowest BCUT2D eigenvalue weighted by Crippen LogP contribution is -3.29. The predicted molar refractivity (Wildman–Crippen MR) is 89.7 cm³/mol. The van der Waals surface area contributed by atoms with E-state index in [0.29, 0.717) is 6.79 Å². The molecule has 1 fully saturated rings. The van der Waals surface area contributed by atoms with Crippen molar-refractivity contribution in [1.82, 2.24) is 10.6 Å². The molecule has 3 amide bonds. The first kappa shape index (κ1) is 17.5. The number of ether oxygens (including phenoxy) is 2. The molecule has 2 heterocycles. The zero-order valence-electron chi connectivity index (χ0n) is 14.7. The van der Waals surface area contributed by atoms with E-state index in [-0.39, 0.29) is 11.9 Å². The van der Waals surface area contributed by atoms with Crippen LogP contribution in [0.3, 0.4) is 0 Å². The highest BCUT2D eigenvalue weighted by molar-refractivity contribution is 5.96. The summed E-state index contributed by atoms with van der Waals surface area (Å²) in [5, 5.41) is 4.76. The Morgan fingerprint density at radius 1 is 1.16 bits per heavy atom. The van der Waals surface area contributed by atoms with Crippen LogP contribution in [0.25, 0.3) is 0 Å². The highest BCUT2D eigenvalue weighted by Gasteiger charge is 2.31. The molecular weight excluding hydrogens is 324 g/mol. The summed E-state index contributed by atoms with van der Waals surface area (Å²) in [4.78, 5) is 26.0. The molecule has 136 valence electrons. The van der Waals surface area contributed by atoms with Crippen molar-refractivity contribution in [3.8, 4) is 11.5 Å². The van der Waals surface area contributed by atoms with Gasteiger partial charge < -0.3 is 24.6 Å². The van der Waals surface area contributed by atoms with Crippen molar-refractivity contribution in [2.24, 2.45) is 0 Å². The van der Waals surface area contributed by atoms with Gasteiger partial charge in [0.05, 0.1) is 0 Å². The van der Waals surface area contributed by atoms with Crippen molar-refractivity contribution in [1.29, 1.82) is 0 Å². The minimum Gasteiger partial charge on any atom is -0.454 e. The van der Waals surface area contributed by atoms with Gasteiger partial charge in [0, 0.05) is 12.6 Å². The van der Waals surface area contributed by atoms with Crippen LogP contribution in [-0.2, 0) is 11.3 Å². The number of imide groups is 1. The molecule has 4 N–H and O–H groups in total. The quantitative estimate of drug-likeness (QED) is 0.485. The number of amides is 3. The Bertz CT molecular complexity index is 644. The maximum atomic E-state index is 12.1. The lowest BCUT2D eigenvalue weighted by Gasteiger charge is -2.32. The zero-order valence-corrected chi connectivity index (χ0v) is 14.7. The summed E-state index contributed by atoms with van der Waals surface area (Å²) >= 11 is 0. The van der Waals surface area contributed by atoms with Crippen molar-refractivity contribution in [3.63, 3.8) is 0 Å². The fourth-order valence-corrected chi connectivity index (χ4v) is 3.34. The van der Waals surface area contributed by atoms with Crippen molar-refractivity contribution >= 4 is 11.9 Å². The Morgan fingerprint density at radius 3 is 2.60 bits per heavy atom. The number of nitrogens with one attached hydrogen (secondary N) is 4. The maximum absolute atomic E-state index is 12.1. The maximum Gasteiger partial charge on any atom is 0.321 e. The molecular formula is C17H26N4O4+2. The summed E-state index contributed by atoms with van der Waals surface area (Å²) in [6.07, 6.45) is 0. The van der Waals surface area contributed by atoms with Crippen LogP contribution in [-0.4, -0.2) is 58.0 Å². The molecule has 1 aromatic carbocycles. The lowest BCUT2D eigenvalue weighted by atomic mass is 10.1. The Kier molecular flexibility index (Phi) is 5.40. The van der Waals surface area contributed by atoms with E-state index in [9.17, 15) is 9.59 Å². The van der Waals surface area contributed by atoms with Gasteiger partial charge in [-0.3, -0.25) is 10.1 Å². The average molecular weight is 350 g/mol. The number of hydrogen-bond acceptors (Lipinski definition) is 4. The van der Waals surface area contributed by atoms with Gasteiger partial charge >= 0.3 is 6.03 Å². The van der Waals surface area contributed by atoms with Gasteiger partial charge in [0.25, 0.3) is 5.91 Å². The monoisotopic (exact) mass is 350 g/mol. The van der Waals surface area contributed by atoms with Gasteiger partial charge in [-0.2, -0.15) is 0 Å². The molecule has 1 aromatic rings. The third kappa shape index (κ3) is 4.21. The normalized spacial score (nSPS) is 23.0. The number of urea groups is 1. The molecule has 1 atom stereocenters. The van der Waals surface area contributed by atoms with Crippen LogP contribution in [0.5, 0.6) is 11.5 Å². The first-order chi connectivity index (χ1) is 12.1. The predicted octanol–water partition coefficient (Wildman–Crippen LogP) is -2.46. The number of carbonyl (C=O) groups is 2. The molecule has 2 aliphatic rings. The molecule has 0 unspecified atom stereocenters. The van der Waals surface area contributed by atoms with Gasteiger partial charge in [0.1, 0.15) is 32.7 Å². The molecule has 2 aliphatic heterocycles. The molecule has 25 heavy (non-hydrogen) atoms. The van der Waals surface area contributed by atoms with Crippen LogP contribution in [0.15, 0.2) is 18.2 Å². The Morgan fingerprint density at radius 2 is 1.88 bits per heavy atom. The molecule has 1 saturated heterocycles. The van der Waals surface area contributed by atoms with Crippen LogP contribution in [0.4, 0.5) is 4.79 Å². The van der Waals surface area contributed by atoms with E-state index >= 15 is 0 Å². The Hall–Kier alpha value is -2.32. The topological polar surface area (TPSA) is 85.5 Å². The zero-order chi connectivity index (χ0) is 17.8. The Labute approximate surface area is 147 Å². The van der Waals surface area contributed by atoms with E-state index in [1.54, 1.807) is 0 Å². The fraction of sp³-hybridized carbons (Fsp3) is 0.529. The highest BCUT2D eigenvalue weighted by atomic mass is 16.7. The molecule has 3 rings (SSSR count). The molecule has 0 aromatic heterocycles. The SMILES string of the molecule is CNC(=O)NC(=O)[C@H](C)[NH+]1CC[NH+](Cc2ccc3c(c2)OCO3)CC1. The molecule has 0 bridgehead atoms. The van der Waals surface area contributed by atoms with E-state index in [1.807, 2.05) is 19.1 Å². The number of benzene rings is 1. The van der Waals surface area contributed by atoms with Crippen LogP contribution < -0.4 is 29.9 Å². The minimum absolute atomic E-state index is 0.228. The summed E-state index contributed by atoms with van der Waals surface area (Å²) in [5.74, 6) is 1.40. The van der Waals surface area contributed by atoms with Gasteiger partial charge in [0.15, 0.2) is 17.5 Å². The standard InChI is InChI=1S/C17H24N4O4/c1-12(16(22)19-17(23)18-2)21-7-5-20(6-8-21)10-13-3-4-14-15(9-13)25-11-24-14/h3-4,9,12H,5-8,10-11H2,1-2H3,(H2,18,19,22,23)/p+2/t12-/m0/s1. The van der Waals surface area contributed by atoms with E-state index in [1.165, 1.54) is 22.4 Å². The number of fused-ring (bicyclic) bond motifs is 1. The number of hydrogen-bond donors (Lipinski definition) is 4. The van der Waals surface area contributed by atoms with Crippen LogP contribution in [0, 0.1) is 0 Å². The second kappa shape index (κ2) is 7.71. The van der Waals surface area contributed by atoms with Gasteiger partial charge in [-0.1, -0.05) is 0 Å². The fourth-order valence-electron chi connectivity index (χ4n) is 3.34. The van der Waals surface area contributed by atoms with E-state index in [4.69, 9.17) is 9.47 Å². The summed E-state index contributed by atoms with van der Waals surface area (Å²) in [7, 11) is 1.50. The first-order valence-corrected chi connectivity index (χ1v) is 8.66. The first-order valence-electron chi connectivity index (χ1n) is 8.66. The molecule has 8 nitrogen and oxygen atoms in total. The van der Waals surface area contributed by atoms with Crippen LogP contribution in [0.2, 0.25) is 0 Å². The molecule has 0 spiro atoms. The smallest absolute Gasteiger partial charge is 0.321 e. The van der Waals surface area contributed by atoms with E-state index in [0.717, 1.165) is 44.2 Å². The molecule has 0 aliphatic carbocycles. The van der Waals surface area contributed by atoms with Crippen molar-refractivity contribution in [2.45, 2.75) is 19.5 Å². The highest BCUT2D eigenvalue weighted by Crippen LogP contribution is 2.32. The average Bonchev–Trinajstić information content (AvgIpc) is 3.09. The number of carbonyl (C=O) groups excluding carboxylic acids is 2. The van der Waals surface area contributed by atoms with Gasteiger partial charge in [-0.15, -0.1) is 0 Å². The Balaban J connectivity index is 1.48. The number of quaternary nitrogens is 2. The number of rotatable bonds is 4. The number of piperazine rings is 1. The van der Waals surface area contributed by atoms with E-state index in [2.05, 4.69) is 16.7 Å². The van der Waals surface area contributed by atoms with Gasteiger partial charge in [-0.05, 0) is 25.1 Å². The minimum atomic E-state index is -0.455. The van der Waals surface area contributed by atoms with Crippen LogP contribution >= 0.6 is 0 Å². The second-order valence-corrected chi connectivity index (χ2v) is 6.56. The third-order valence-corrected chi connectivity index (χ3v) is 4.96. The van der Waals surface area contributed by atoms with Gasteiger partial charge in [0.2, 0.25) is 6.79 Å². The van der Waals surface area contributed by atoms with Crippen molar-refractivity contribution in [2.75, 3.05) is 40.0 Å². The molecule has 0 saturated carbocycles. The second-order valence-electron chi connectivity index (χ2n) is 6.56. The van der Waals surface area contributed by atoms with Gasteiger partial charge in [-0.25, -0.2) is 4.79 Å². The lowest BCUT2D eigenvalue weighted by molar-refractivity contribution is -1.02. The molecule has 8 heteroatoms. The summed E-state index contributed by atoms with van der Waals surface area (Å²) < 4.78 is 10.8. The summed E-state index contributed by atoms with van der Waals surface area (Å²) in [6.45, 7) is 6.88. The van der Waals surface area contributed by atoms with Crippen molar-refractivity contribution in [3.05, 3.63) is 23.8 Å². The van der Waals surface area contributed by atoms with Crippen molar-refractivity contribution < 1.29 is 28.9 Å². The molecule has 0 radical (unpaired) electrons. The summed E-state index contributed by atoms with van der Waals surface area (Å²) in [5.41, 5.74) is 1.23. The third-order valence-electron chi connectivity index (χ3n) is 4.96. The van der Waals surface area contributed by atoms with Crippen LogP contribution in [0.1, 0.15) is 12.5 Å². The summed E-state index contributed by atoms with van der Waals surface area (Å²) in [6, 6.07) is 5.41. The largest absolute Gasteiger partial charge is 0.454 e.